The number of rotatable bonds is 5. The normalized spacial score (nSPS) is 19.0. The fourth-order valence-electron chi connectivity index (χ4n) is 4.66. The molecular formula is C25H31Cl2N5O2. The lowest BCUT2D eigenvalue weighted by Crippen LogP contribution is -2.56. The number of carbonyl (C=O) groups excluding carboxylic acids is 2. The Morgan fingerprint density at radius 1 is 0.912 bits per heavy atom. The van der Waals surface area contributed by atoms with E-state index in [9.17, 15) is 9.59 Å². The van der Waals surface area contributed by atoms with Crippen LogP contribution in [0.25, 0.3) is 0 Å². The van der Waals surface area contributed by atoms with Crippen LogP contribution in [0.5, 0.6) is 0 Å². The quantitative estimate of drug-likeness (QED) is 0.644. The Morgan fingerprint density at radius 2 is 1.56 bits per heavy atom. The maximum atomic E-state index is 13.6. The molecule has 0 saturated carbocycles. The first-order valence-corrected chi connectivity index (χ1v) is 12.4. The summed E-state index contributed by atoms with van der Waals surface area (Å²) in [6, 6.07) is 13.1. The Balaban J connectivity index is 1.42. The van der Waals surface area contributed by atoms with Crippen molar-refractivity contribution in [2.45, 2.75) is 24.9 Å². The van der Waals surface area contributed by atoms with Crippen molar-refractivity contribution in [3.63, 3.8) is 0 Å². The van der Waals surface area contributed by atoms with E-state index in [0.717, 1.165) is 26.2 Å². The molecule has 0 aromatic heterocycles. The van der Waals surface area contributed by atoms with Crippen LogP contribution in [-0.4, -0.2) is 79.0 Å². The van der Waals surface area contributed by atoms with Crippen LogP contribution in [0.2, 0.25) is 10.0 Å². The summed E-state index contributed by atoms with van der Waals surface area (Å²) in [6.07, 6.45) is 2.33. The van der Waals surface area contributed by atoms with Gasteiger partial charge in [0.25, 0.3) is 0 Å². The summed E-state index contributed by atoms with van der Waals surface area (Å²) < 4.78 is 0. The van der Waals surface area contributed by atoms with Crippen molar-refractivity contribution < 1.29 is 9.59 Å². The molecule has 2 aliphatic rings. The fraction of sp³-hybridized carbons (Fsp3) is 0.440. The van der Waals surface area contributed by atoms with E-state index in [2.05, 4.69) is 27.5 Å². The van der Waals surface area contributed by atoms with Crippen molar-refractivity contribution in [2.24, 2.45) is 0 Å². The van der Waals surface area contributed by atoms with Crippen molar-refractivity contribution in [3.05, 3.63) is 64.1 Å². The van der Waals surface area contributed by atoms with Gasteiger partial charge in [-0.2, -0.15) is 0 Å². The number of nitrogens with zero attached hydrogens (tertiary/aromatic N) is 3. The van der Waals surface area contributed by atoms with Crippen LogP contribution < -0.4 is 10.6 Å². The molecular weight excluding hydrogens is 473 g/mol. The molecule has 2 N–H and O–H groups in total. The third-order valence-electron chi connectivity index (χ3n) is 6.67. The standard InChI is InChI=1S/C25H31Cl2N5O2/c1-30-12-10-20(11-13-30)31-14-16-32(17-15-31)24(33)23(21-4-2-3-5-22(21)27)29-25(34)28-19-8-6-18(26)7-9-19/h2-9,20,23H,10-17H2,1H3,(H2,28,29,34). The molecule has 7 nitrogen and oxygen atoms in total. The van der Waals surface area contributed by atoms with Gasteiger partial charge in [0.1, 0.15) is 6.04 Å². The largest absolute Gasteiger partial charge is 0.338 e. The maximum Gasteiger partial charge on any atom is 0.320 e. The van der Waals surface area contributed by atoms with Gasteiger partial charge in [0.15, 0.2) is 0 Å². The van der Waals surface area contributed by atoms with E-state index in [1.165, 1.54) is 12.8 Å². The number of halogens is 2. The molecule has 0 radical (unpaired) electrons. The van der Waals surface area contributed by atoms with Crippen molar-refractivity contribution in [1.82, 2.24) is 20.0 Å². The van der Waals surface area contributed by atoms with Crippen LogP contribution in [0.15, 0.2) is 48.5 Å². The Morgan fingerprint density at radius 3 is 2.21 bits per heavy atom. The number of piperidine rings is 1. The summed E-state index contributed by atoms with van der Waals surface area (Å²) in [5, 5.41) is 6.62. The maximum absolute atomic E-state index is 13.6. The monoisotopic (exact) mass is 503 g/mol. The number of amides is 3. The number of benzene rings is 2. The number of urea groups is 1. The van der Waals surface area contributed by atoms with Gasteiger partial charge in [-0.15, -0.1) is 0 Å². The second-order valence-electron chi connectivity index (χ2n) is 8.96. The van der Waals surface area contributed by atoms with Gasteiger partial charge in [-0.1, -0.05) is 41.4 Å². The van der Waals surface area contributed by atoms with Crippen LogP contribution >= 0.6 is 23.2 Å². The Kier molecular flexibility index (Phi) is 8.32. The first kappa shape index (κ1) is 24.8. The zero-order valence-corrected chi connectivity index (χ0v) is 20.9. The first-order chi connectivity index (χ1) is 16.4. The number of hydrogen-bond acceptors (Lipinski definition) is 4. The van der Waals surface area contributed by atoms with E-state index in [-0.39, 0.29) is 5.91 Å². The average Bonchev–Trinajstić information content (AvgIpc) is 2.85. The van der Waals surface area contributed by atoms with Crippen LogP contribution in [-0.2, 0) is 4.79 Å². The number of anilines is 1. The molecule has 2 saturated heterocycles. The SMILES string of the molecule is CN1CCC(N2CCN(C(=O)C(NC(=O)Nc3ccc(Cl)cc3)c3ccccc3Cl)CC2)CC1. The van der Waals surface area contributed by atoms with Gasteiger partial charge in [-0.3, -0.25) is 9.69 Å². The Hall–Kier alpha value is -2.32. The van der Waals surface area contributed by atoms with Crippen LogP contribution in [0.1, 0.15) is 24.4 Å². The fourth-order valence-corrected chi connectivity index (χ4v) is 5.03. The molecule has 4 rings (SSSR count). The van der Waals surface area contributed by atoms with Gasteiger partial charge in [0, 0.05) is 53.5 Å². The minimum atomic E-state index is -0.879. The molecule has 0 bridgehead atoms. The lowest BCUT2D eigenvalue weighted by atomic mass is 10.0. The van der Waals surface area contributed by atoms with E-state index < -0.39 is 12.1 Å². The Bertz CT molecular complexity index is 987. The first-order valence-electron chi connectivity index (χ1n) is 11.7. The Labute approximate surface area is 211 Å². The van der Waals surface area contributed by atoms with Gasteiger partial charge in [-0.05, 0) is 63.3 Å². The van der Waals surface area contributed by atoms with Crippen molar-refractivity contribution >= 4 is 40.8 Å². The van der Waals surface area contributed by atoms with Gasteiger partial charge >= 0.3 is 6.03 Å². The summed E-state index contributed by atoms with van der Waals surface area (Å²) in [5.41, 5.74) is 1.16. The summed E-state index contributed by atoms with van der Waals surface area (Å²) in [4.78, 5) is 33.1. The lowest BCUT2D eigenvalue weighted by molar-refractivity contribution is -0.135. The van der Waals surface area contributed by atoms with Gasteiger partial charge in [0.2, 0.25) is 5.91 Å². The molecule has 3 amide bonds. The molecule has 1 atom stereocenters. The highest BCUT2D eigenvalue weighted by Crippen LogP contribution is 2.26. The number of nitrogens with one attached hydrogen (secondary N) is 2. The number of hydrogen-bond donors (Lipinski definition) is 2. The van der Waals surface area contributed by atoms with Crippen molar-refractivity contribution in [2.75, 3.05) is 51.6 Å². The zero-order chi connectivity index (χ0) is 24.1. The topological polar surface area (TPSA) is 67.9 Å². The molecule has 0 aliphatic carbocycles. The minimum Gasteiger partial charge on any atom is -0.338 e. The zero-order valence-electron chi connectivity index (χ0n) is 19.3. The lowest BCUT2D eigenvalue weighted by Gasteiger charge is -2.42. The molecule has 1 unspecified atom stereocenters. The summed E-state index contributed by atoms with van der Waals surface area (Å²) in [6.45, 7) is 5.17. The molecule has 2 aromatic carbocycles. The van der Waals surface area contributed by atoms with Gasteiger partial charge in [-0.25, -0.2) is 4.79 Å². The van der Waals surface area contributed by atoms with Gasteiger partial charge in [0.05, 0.1) is 0 Å². The van der Waals surface area contributed by atoms with E-state index in [1.54, 1.807) is 36.4 Å². The van der Waals surface area contributed by atoms with Crippen LogP contribution in [0, 0.1) is 0 Å². The van der Waals surface area contributed by atoms with E-state index in [0.29, 0.717) is 40.4 Å². The summed E-state index contributed by atoms with van der Waals surface area (Å²) in [7, 11) is 2.16. The van der Waals surface area contributed by atoms with E-state index in [4.69, 9.17) is 23.2 Å². The molecule has 2 aliphatic heterocycles. The molecule has 9 heteroatoms. The van der Waals surface area contributed by atoms with Crippen LogP contribution in [0.3, 0.4) is 0 Å². The minimum absolute atomic E-state index is 0.151. The number of carbonyl (C=O) groups is 2. The predicted octanol–water partition coefficient (Wildman–Crippen LogP) is 4.09. The third kappa shape index (κ3) is 6.21. The number of likely N-dealkylation sites (tertiary alicyclic amines) is 1. The molecule has 182 valence electrons. The highest BCUT2D eigenvalue weighted by atomic mass is 35.5. The van der Waals surface area contributed by atoms with Crippen molar-refractivity contribution in [1.29, 1.82) is 0 Å². The predicted molar refractivity (Wildman–Crippen MR) is 136 cm³/mol. The summed E-state index contributed by atoms with van der Waals surface area (Å²) in [5.74, 6) is -0.151. The van der Waals surface area contributed by atoms with Crippen molar-refractivity contribution in [3.8, 4) is 0 Å². The average molecular weight is 504 g/mol. The molecule has 2 heterocycles. The highest BCUT2D eigenvalue weighted by Gasteiger charge is 2.33. The van der Waals surface area contributed by atoms with Crippen LogP contribution in [0.4, 0.5) is 10.5 Å². The summed E-state index contributed by atoms with van der Waals surface area (Å²) >= 11 is 12.4. The molecule has 2 fully saturated rings. The van der Waals surface area contributed by atoms with E-state index >= 15 is 0 Å². The molecule has 0 spiro atoms. The smallest absolute Gasteiger partial charge is 0.320 e. The molecule has 2 aromatic rings. The van der Waals surface area contributed by atoms with E-state index in [1.807, 2.05) is 17.0 Å². The molecule has 34 heavy (non-hydrogen) atoms. The third-order valence-corrected chi connectivity index (χ3v) is 7.27. The second kappa shape index (κ2) is 11.4. The highest BCUT2D eigenvalue weighted by molar-refractivity contribution is 6.31. The number of piperazine rings is 1. The second-order valence-corrected chi connectivity index (χ2v) is 9.80. The van der Waals surface area contributed by atoms with Gasteiger partial charge < -0.3 is 20.4 Å².